The Balaban J connectivity index is 1.62. The van der Waals surface area contributed by atoms with Gasteiger partial charge in [0.15, 0.2) is 17.2 Å². The average molecular weight is 598 g/mol. The van der Waals surface area contributed by atoms with E-state index < -0.39 is 29.4 Å². The lowest BCUT2D eigenvalue weighted by atomic mass is 10.2. The Morgan fingerprint density at radius 1 is 1.11 bits per heavy atom. The van der Waals surface area contributed by atoms with Gasteiger partial charge in [0.05, 0.1) is 11.0 Å². The van der Waals surface area contributed by atoms with E-state index in [0.717, 1.165) is 6.07 Å². The maximum Gasteiger partial charge on any atom is 0.459 e. The van der Waals surface area contributed by atoms with Crippen LogP contribution in [0.15, 0.2) is 41.0 Å². The largest absolute Gasteiger partial charge is 0.459 e. The molecule has 3 heterocycles. The van der Waals surface area contributed by atoms with Crippen LogP contribution in [-0.2, 0) is 12.5 Å². The Hall–Kier alpha value is -2.77. The first-order valence-electron chi connectivity index (χ1n) is 9.57. The maximum absolute atomic E-state index is 14.1. The molecule has 184 valence electrons. The molecule has 1 N–H and O–H groups in total. The molecule has 0 aliphatic carbocycles. The summed E-state index contributed by atoms with van der Waals surface area (Å²) in [5, 5.41) is 11.2. The molecular formula is C20H12BrCl2F5N6O. The fourth-order valence-electron chi connectivity index (χ4n) is 3.14. The normalized spacial score (nSPS) is 12.4. The third-order valence-electron chi connectivity index (χ3n) is 4.76. The summed E-state index contributed by atoms with van der Waals surface area (Å²) >= 11 is 15.3. The van der Waals surface area contributed by atoms with Gasteiger partial charge in [-0.2, -0.15) is 32.1 Å². The molecule has 1 amide bonds. The fraction of sp³-hybridized carbons (Fsp3) is 0.200. The summed E-state index contributed by atoms with van der Waals surface area (Å²) in [6, 6.07) is 6.49. The molecule has 0 radical (unpaired) electrons. The molecule has 4 rings (SSSR count). The molecule has 0 saturated heterocycles. The van der Waals surface area contributed by atoms with Crippen LogP contribution in [0.5, 0.6) is 0 Å². The molecule has 3 aromatic heterocycles. The number of hydrogen-bond donors (Lipinski definition) is 1. The molecule has 0 unspecified atom stereocenters. The molecule has 0 atom stereocenters. The van der Waals surface area contributed by atoms with E-state index in [1.54, 1.807) is 24.4 Å². The standard InChI is InChI=1S/C20H12BrCl2F5N6O/c1-9-4-15(19(24,25)20(26,27)28)34-16(29-9)6-14(31-34)18(35)30-17-12(21)8-33(32-17)7-10-2-3-11(22)5-13(10)23/h2-6,8H,7H2,1H3,(H,30,32,35). The molecule has 1 aromatic carbocycles. The van der Waals surface area contributed by atoms with Gasteiger partial charge in [-0.15, -0.1) is 0 Å². The van der Waals surface area contributed by atoms with Gasteiger partial charge in [-0.05, 0) is 46.6 Å². The van der Waals surface area contributed by atoms with Crippen molar-refractivity contribution in [2.24, 2.45) is 0 Å². The van der Waals surface area contributed by atoms with Gasteiger partial charge < -0.3 is 5.32 Å². The summed E-state index contributed by atoms with van der Waals surface area (Å²) in [4.78, 5) is 16.6. The maximum atomic E-state index is 14.1. The Morgan fingerprint density at radius 3 is 2.49 bits per heavy atom. The second kappa shape index (κ2) is 9.03. The SMILES string of the molecule is Cc1cc(C(F)(F)C(F)(F)F)n2nc(C(=O)Nc3nn(Cc4ccc(Cl)cc4Cl)cc3Br)cc2n1. The Bertz CT molecular complexity index is 1450. The zero-order valence-corrected chi connectivity index (χ0v) is 20.4. The number of rotatable bonds is 5. The van der Waals surface area contributed by atoms with Crippen molar-refractivity contribution in [2.45, 2.75) is 25.6 Å². The second-order valence-corrected chi connectivity index (χ2v) is 9.07. The topological polar surface area (TPSA) is 77.1 Å². The van der Waals surface area contributed by atoms with E-state index in [1.807, 2.05) is 0 Å². The van der Waals surface area contributed by atoms with Gasteiger partial charge in [0.1, 0.15) is 5.69 Å². The number of aryl methyl sites for hydroxylation is 1. The number of nitrogens with zero attached hydrogens (tertiary/aromatic N) is 5. The summed E-state index contributed by atoms with van der Waals surface area (Å²) in [5.74, 6) is -6.06. The van der Waals surface area contributed by atoms with Crippen LogP contribution in [0.4, 0.5) is 27.8 Å². The van der Waals surface area contributed by atoms with E-state index >= 15 is 0 Å². The Labute approximate surface area is 212 Å². The first-order chi connectivity index (χ1) is 16.3. The predicted molar refractivity (Wildman–Crippen MR) is 121 cm³/mol. The van der Waals surface area contributed by atoms with Gasteiger partial charge in [-0.1, -0.05) is 29.3 Å². The van der Waals surface area contributed by atoms with Crippen LogP contribution in [0.3, 0.4) is 0 Å². The van der Waals surface area contributed by atoms with Gasteiger partial charge in [0, 0.05) is 28.0 Å². The van der Waals surface area contributed by atoms with Crippen molar-refractivity contribution >= 4 is 56.5 Å². The molecule has 35 heavy (non-hydrogen) atoms. The van der Waals surface area contributed by atoms with Crippen LogP contribution in [-0.4, -0.2) is 36.5 Å². The lowest BCUT2D eigenvalue weighted by Gasteiger charge is -2.20. The quantitative estimate of drug-likeness (QED) is 0.276. The van der Waals surface area contributed by atoms with Crippen molar-refractivity contribution < 1.29 is 26.7 Å². The third-order valence-corrected chi connectivity index (χ3v) is 5.93. The number of amides is 1. The highest BCUT2D eigenvalue weighted by Gasteiger charge is 2.60. The van der Waals surface area contributed by atoms with Crippen molar-refractivity contribution in [3.63, 3.8) is 0 Å². The first-order valence-corrected chi connectivity index (χ1v) is 11.1. The predicted octanol–water partition coefficient (Wildman–Crippen LogP) is 6.26. The van der Waals surface area contributed by atoms with Gasteiger partial charge in [0.2, 0.25) is 0 Å². The smallest absolute Gasteiger partial charge is 0.303 e. The summed E-state index contributed by atoms with van der Waals surface area (Å²) in [6.45, 7) is 1.48. The number of carbonyl (C=O) groups excluding carboxylic acids is 1. The van der Waals surface area contributed by atoms with Crippen LogP contribution in [0.25, 0.3) is 5.65 Å². The number of halogens is 8. The van der Waals surface area contributed by atoms with Gasteiger partial charge in [-0.25, -0.2) is 9.50 Å². The monoisotopic (exact) mass is 596 g/mol. The highest BCUT2D eigenvalue weighted by atomic mass is 79.9. The molecule has 0 bridgehead atoms. The number of carbonyl (C=O) groups is 1. The van der Waals surface area contributed by atoms with E-state index in [0.29, 0.717) is 30.7 Å². The fourth-order valence-corrected chi connectivity index (χ4v) is 4.02. The minimum atomic E-state index is -5.87. The number of nitrogens with one attached hydrogen (secondary N) is 1. The van der Waals surface area contributed by atoms with Crippen LogP contribution in [0.2, 0.25) is 10.0 Å². The molecule has 0 aliphatic heterocycles. The number of anilines is 1. The van der Waals surface area contributed by atoms with Crippen LogP contribution < -0.4 is 5.32 Å². The molecule has 7 nitrogen and oxygen atoms in total. The molecular weight excluding hydrogens is 586 g/mol. The molecule has 0 aliphatic rings. The number of aromatic nitrogens is 5. The minimum Gasteiger partial charge on any atom is -0.303 e. The van der Waals surface area contributed by atoms with Crippen molar-refractivity contribution in [2.75, 3.05) is 5.32 Å². The van der Waals surface area contributed by atoms with Crippen molar-refractivity contribution in [1.29, 1.82) is 0 Å². The average Bonchev–Trinajstić information content (AvgIpc) is 3.31. The second-order valence-electron chi connectivity index (χ2n) is 7.37. The summed E-state index contributed by atoms with van der Waals surface area (Å²) in [5.41, 5.74) is -1.66. The number of fused-ring (bicyclic) bond motifs is 1. The molecule has 0 fully saturated rings. The van der Waals surface area contributed by atoms with E-state index in [-0.39, 0.29) is 23.7 Å². The zero-order chi connectivity index (χ0) is 25.7. The van der Waals surface area contributed by atoms with Gasteiger partial charge in [-0.3, -0.25) is 9.48 Å². The molecule has 0 spiro atoms. The molecule has 15 heteroatoms. The van der Waals surface area contributed by atoms with Crippen molar-refractivity contribution in [3.05, 3.63) is 73.7 Å². The lowest BCUT2D eigenvalue weighted by molar-refractivity contribution is -0.291. The van der Waals surface area contributed by atoms with Crippen LogP contribution in [0.1, 0.15) is 27.4 Å². The summed E-state index contributed by atoms with van der Waals surface area (Å²) < 4.78 is 69.1. The molecule has 4 aromatic rings. The highest BCUT2D eigenvalue weighted by Crippen LogP contribution is 2.43. The lowest BCUT2D eigenvalue weighted by Crippen LogP contribution is -2.36. The van der Waals surface area contributed by atoms with Gasteiger partial charge in [0.25, 0.3) is 5.91 Å². The van der Waals surface area contributed by atoms with E-state index in [4.69, 9.17) is 23.2 Å². The molecule has 0 saturated carbocycles. The zero-order valence-electron chi connectivity index (χ0n) is 17.3. The number of hydrogen-bond acceptors (Lipinski definition) is 4. The van der Waals surface area contributed by atoms with Crippen LogP contribution >= 0.6 is 39.1 Å². The van der Waals surface area contributed by atoms with Crippen LogP contribution in [0, 0.1) is 6.92 Å². The number of benzene rings is 1. The van der Waals surface area contributed by atoms with Gasteiger partial charge >= 0.3 is 12.1 Å². The number of alkyl halides is 5. The Morgan fingerprint density at radius 2 is 1.83 bits per heavy atom. The Kier molecular flexibility index (Phi) is 6.53. The van der Waals surface area contributed by atoms with E-state index in [9.17, 15) is 26.7 Å². The van der Waals surface area contributed by atoms with E-state index in [2.05, 4.69) is 36.4 Å². The van der Waals surface area contributed by atoms with Crippen molar-refractivity contribution in [3.8, 4) is 0 Å². The van der Waals surface area contributed by atoms with Crippen molar-refractivity contribution in [1.82, 2.24) is 24.4 Å². The third kappa shape index (κ3) is 4.98. The van der Waals surface area contributed by atoms with E-state index in [1.165, 1.54) is 11.6 Å². The minimum absolute atomic E-state index is 0.0575. The highest BCUT2D eigenvalue weighted by molar-refractivity contribution is 9.10. The summed E-state index contributed by atoms with van der Waals surface area (Å²) in [6.07, 6.45) is -4.32. The summed E-state index contributed by atoms with van der Waals surface area (Å²) in [7, 11) is 0. The first kappa shape index (κ1) is 25.3.